The van der Waals surface area contributed by atoms with Crippen LogP contribution in [0.3, 0.4) is 0 Å². The van der Waals surface area contributed by atoms with E-state index >= 15 is 0 Å². The highest BCUT2D eigenvalue weighted by Crippen LogP contribution is 2.26. The van der Waals surface area contributed by atoms with Gasteiger partial charge in [0.05, 0.1) is 10.7 Å². The third-order valence-corrected chi connectivity index (χ3v) is 4.10. The van der Waals surface area contributed by atoms with Gasteiger partial charge >= 0.3 is 0 Å². The summed E-state index contributed by atoms with van der Waals surface area (Å²) in [5, 5.41) is 6.62. The second-order valence-electron chi connectivity index (χ2n) is 4.67. The van der Waals surface area contributed by atoms with Crippen molar-refractivity contribution in [3.8, 4) is 0 Å². The normalized spacial score (nSPS) is 13.1. The fourth-order valence-electron chi connectivity index (χ4n) is 2.22. The van der Waals surface area contributed by atoms with Gasteiger partial charge in [-0.2, -0.15) is 0 Å². The van der Waals surface area contributed by atoms with E-state index in [-0.39, 0.29) is 5.91 Å². The molecule has 0 unspecified atom stereocenters. The summed E-state index contributed by atoms with van der Waals surface area (Å²) in [4.78, 5) is 12.3. The van der Waals surface area contributed by atoms with E-state index in [0.717, 1.165) is 17.6 Å². The predicted octanol–water partition coefficient (Wildman–Crippen LogP) is 3.96. The van der Waals surface area contributed by atoms with E-state index in [0.29, 0.717) is 16.3 Å². The monoisotopic (exact) mass is 350 g/mol. The van der Waals surface area contributed by atoms with Gasteiger partial charge in [0.25, 0.3) is 5.91 Å². The second-order valence-corrected chi connectivity index (χ2v) is 5.99. The van der Waals surface area contributed by atoms with Gasteiger partial charge < -0.3 is 10.6 Å². The lowest BCUT2D eigenvalue weighted by Crippen LogP contribution is -2.12. The van der Waals surface area contributed by atoms with Gasteiger partial charge in [-0.3, -0.25) is 4.79 Å². The summed E-state index contributed by atoms with van der Waals surface area (Å²) in [6, 6.07) is 11.1. The maximum atomic E-state index is 12.3. The summed E-state index contributed by atoms with van der Waals surface area (Å²) in [6.45, 7) is 1.68. The maximum absolute atomic E-state index is 12.3. The average molecular weight is 352 g/mol. The lowest BCUT2D eigenvalue weighted by atomic mass is 10.1. The lowest BCUT2D eigenvalue weighted by molar-refractivity contribution is 0.102. The molecule has 5 heteroatoms. The topological polar surface area (TPSA) is 41.1 Å². The number of rotatable bonds is 2. The minimum atomic E-state index is -0.153. The van der Waals surface area contributed by atoms with Gasteiger partial charge in [0.1, 0.15) is 0 Å². The van der Waals surface area contributed by atoms with E-state index in [2.05, 4.69) is 26.6 Å². The largest absolute Gasteiger partial charge is 0.321 e. The van der Waals surface area contributed by atoms with Crippen LogP contribution in [0.4, 0.5) is 5.69 Å². The van der Waals surface area contributed by atoms with Crippen LogP contribution in [0.25, 0.3) is 0 Å². The number of anilines is 1. The first-order valence-corrected chi connectivity index (χ1v) is 7.39. The molecule has 0 saturated carbocycles. The van der Waals surface area contributed by atoms with Crippen molar-refractivity contribution in [3.63, 3.8) is 0 Å². The van der Waals surface area contributed by atoms with Crippen LogP contribution in [0.15, 0.2) is 40.9 Å². The first-order valence-electron chi connectivity index (χ1n) is 6.22. The minimum absolute atomic E-state index is 0.153. The van der Waals surface area contributed by atoms with Crippen LogP contribution in [0.2, 0.25) is 5.02 Å². The van der Waals surface area contributed by atoms with Crippen molar-refractivity contribution in [1.29, 1.82) is 0 Å². The number of halogens is 2. The molecule has 0 bridgehead atoms. The Kier molecular flexibility index (Phi) is 3.78. The van der Waals surface area contributed by atoms with E-state index < -0.39 is 0 Å². The van der Waals surface area contributed by atoms with E-state index in [9.17, 15) is 4.79 Å². The van der Waals surface area contributed by atoms with Gasteiger partial charge in [-0.25, -0.2) is 0 Å². The molecule has 1 heterocycles. The molecule has 1 amide bonds. The fourth-order valence-corrected chi connectivity index (χ4v) is 2.75. The predicted molar refractivity (Wildman–Crippen MR) is 84.1 cm³/mol. The zero-order valence-electron chi connectivity index (χ0n) is 10.5. The highest BCUT2D eigenvalue weighted by molar-refractivity contribution is 9.10. The Bertz CT molecular complexity index is 688. The number of amides is 1. The Morgan fingerprint density at radius 2 is 1.95 bits per heavy atom. The molecular formula is C15H12BrClN2O. The first-order chi connectivity index (χ1) is 9.63. The number of hydrogen-bond donors (Lipinski definition) is 2. The Morgan fingerprint density at radius 1 is 1.15 bits per heavy atom. The molecule has 1 aliphatic heterocycles. The molecule has 0 radical (unpaired) electrons. The molecule has 2 aromatic carbocycles. The highest BCUT2D eigenvalue weighted by Gasteiger charge is 2.14. The highest BCUT2D eigenvalue weighted by atomic mass is 79.9. The van der Waals surface area contributed by atoms with E-state index in [1.807, 2.05) is 24.3 Å². The number of fused-ring (bicyclic) bond motifs is 1. The van der Waals surface area contributed by atoms with Crippen molar-refractivity contribution in [1.82, 2.24) is 5.32 Å². The molecule has 0 atom stereocenters. The molecular weight excluding hydrogens is 340 g/mol. The van der Waals surface area contributed by atoms with Crippen LogP contribution in [-0.2, 0) is 13.1 Å². The summed E-state index contributed by atoms with van der Waals surface area (Å²) in [5.74, 6) is -0.153. The third kappa shape index (κ3) is 2.73. The van der Waals surface area contributed by atoms with Crippen LogP contribution in [0.1, 0.15) is 21.5 Å². The summed E-state index contributed by atoms with van der Waals surface area (Å²) >= 11 is 9.44. The smallest absolute Gasteiger partial charge is 0.255 e. The molecule has 0 fully saturated rings. The SMILES string of the molecule is O=C(Nc1cc(Br)ccc1Cl)c1ccc2c(c1)CNC2. The van der Waals surface area contributed by atoms with Gasteiger partial charge in [0, 0.05) is 23.1 Å². The van der Waals surface area contributed by atoms with Crippen LogP contribution in [0.5, 0.6) is 0 Å². The average Bonchev–Trinajstić information content (AvgIpc) is 2.90. The number of carbonyl (C=O) groups excluding carboxylic acids is 1. The molecule has 0 spiro atoms. The van der Waals surface area contributed by atoms with E-state index in [1.54, 1.807) is 12.1 Å². The number of hydrogen-bond acceptors (Lipinski definition) is 2. The van der Waals surface area contributed by atoms with Crippen LogP contribution >= 0.6 is 27.5 Å². The van der Waals surface area contributed by atoms with Gasteiger partial charge in [-0.1, -0.05) is 33.6 Å². The summed E-state index contributed by atoms with van der Waals surface area (Å²) in [6.07, 6.45) is 0. The summed E-state index contributed by atoms with van der Waals surface area (Å²) in [7, 11) is 0. The van der Waals surface area contributed by atoms with Gasteiger partial charge in [0.15, 0.2) is 0 Å². The number of carbonyl (C=O) groups is 1. The summed E-state index contributed by atoms with van der Waals surface area (Å²) in [5.41, 5.74) is 3.67. The second kappa shape index (κ2) is 5.56. The minimum Gasteiger partial charge on any atom is -0.321 e. The summed E-state index contributed by atoms with van der Waals surface area (Å²) < 4.78 is 0.871. The Morgan fingerprint density at radius 3 is 2.80 bits per heavy atom. The molecule has 2 N–H and O–H groups in total. The van der Waals surface area contributed by atoms with Gasteiger partial charge in [-0.05, 0) is 41.5 Å². The molecule has 20 heavy (non-hydrogen) atoms. The van der Waals surface area contributed by atoms with Crippen molar-refractivity contribution >= 4 is 39.1 Å². The van der Waals surface area contributed by atoms with Crippen LogP contribution < -0.4 is 10.6 Å². The van der Waals surface area contributed by atoms with Crippen molar-refractivity contribution in [3.05, 3.63) is 62.6 Å². The maximum Gasteiger partial charge on any atom is 0.255 e. The molecule has 102 valence electrons. The number of benzene rings is 2. The van der Waals surface area contributed by atoms with E-state index in [1.165, 1.54) is 11.1 Å². The van der Waals surface area contributed by atoms with Crippen molar-refractivity contribution in [2.45, 2.75) is 13.1 Å². The Hall–Kier alpha value is -1.36. The van der Waals surface area contributed by atoms with Crippen LogP contribution in [-0.4, -0.2) is 5.91 Å². The third-order valence-electron chi connectivity index (χ3n) is 3.28. The quantitative estimate of drug-likeness (QED) is 0.860. The van der Waals surface area contributed by atoms with Gasteiger partial charge in [-0.15, -0.1) is 0 Å². The zero-order chi connectivity index (χ0) is 14.1. The van der Waals surface area contributed by atoms with E-state index in [4.69, 9.17) is 11.6 Å². The zero-order valence-corrected chi connectivity index (χ0v) is 12.9. The fraction of sp³-hybridized carbons (Fsp3) is 0.133. The molecule has 0 aliphatic carbocycles. The molecule has 0 saturated heterocycles. The van der Waals surface area contributed by atoms with Crippen molar-refractivity contribution in [2.24, 2.45) is 0 Å². The molecule has 3 rings (SSSR count). The lowest BCUT2D eigenvalue weighted by Gasteiger charge is -2.09. The first kappa shape index (κ1) is 13.6. The molecule has 0 aromatic heterocycles. The Labute approximate surface area is 130 Å². The number of nitrogens with one attached hydrogen (secondary N) is 2. The molecule has 3 nitrogen and oxygen atoms in total. The van der Waals surface area contributed by atoms with Crippen LogP contribution in [0, 0.1) is 0 Å². The van der Waals surface area contributed by atoms with Crippen molar-refractivity contribution < 1.29 is 4.79 Å². The van der Waals surface area contributed by atoms with Crippen molar-refractivity contribution in [2.75, 3.05) is 5.32 Å². The Balaban J connectivity index is 1.84. The molecule has 1 aliphatic rings. The van der Waals surface area contributed by atoms with Gasteiger partial charge in [0.2, 0.25) is 0 Å². The standard InChI is InChI=1S/C15H12BrClN2O/c16-12-3-4-13(17)14(6-12)19-15(20)9-1-2-10-7-18-8-11(10)5-9/h1-6,18H,7-8H2,(H,19,20). The molecule has 2 aromatic rings.